The molecule has 1 heterocycles. The van der Waals surface area contributed by atoms with E-state index in [0.717, 1.165) is 0 Å². The van der Waals surface area contributed by atoms with E-state index < -0.39 is 11.0 Å². The van der Waals surface area contributed by atoms with Crippen LogP contribution in [0.3, 0.4) is 0 Å². The molecule has 22 heavy (non-hydrogen) atoms. The molecule has 1 aromatic rings. The van der Waals surface area contributed by atoms with E-state index in [1.807, 2.05) is 13.8 Å². The van der Waals surface area contributed by atoms with Gasteiger partial charge in [-0.2, -0.15) is 0 Å². The van der Waals surface area contributed by atoms with Crippen LogP contribution in [0.1, 0.15) is 13.8 Å². The third-order valence-corrected chi connectivity index (χ3v) is 3.39. The number of hydrogen-bond donors (Lipinski definition) is 1. The number of rotatable bonds is 4. The van der Waals surface area contributed by atoms with Crippen LogP contribution >= 0.6 is 0 Å². The van der Waals surface area contributed by atoms with Gasteiger partial charge in [0.05, 0.1) is 10.6 Å². The molecule has 1 N–H and O–H groups in total. The Labute approximate surface area is 127 Å². The maximum absolute atomic E-state index is 12.5. The van der Waals surface area contributed by atoms with Gasteiger partial charge in [-0.25, -0.2) is 0 Å². The monoisotopic (exact) mass is 307 g/mol. The number of fused-ring (bicyclic) bond motifs is 1. The van der Waals surface area contributed by atoms with E-state index in [2.05, 4.69) is 5.32 Å². The van der Waals surface area contributed by atoms with Crippen LogP contribution in [0.25, 0.3) is 0 Å². The molecule has 0 radical (unpaired) electrons. The van der Waals surface area contributed by atoms with Crippen molar-refractivity contribution < 1.29 is 19.2 Å². The Hall–Kier alpha value is -2.64. The van der Waals surface area contributed by atoms with Gasteiger partial charge in [0, 0.05) is 19.2 Å². The molecule has 0 saturated carbocycles. The Balaban J connectivity index is 2.49. The van der Waals surface area contributed by atoms with Gasteiger partial charge in [0.2, 0.25) is 5.91 Å². The first kappa shape index (κ1) is 15.7. The van der Waals surface area contributed by atoms with Crippen LogP contribution in [0, 0.1) is 16.0 Å². The maximum Gasteiger partial charge on any atom is 0.271 e. The summed E-state index contributed by atoms with van der Waals surface area (Å²) in [5, 5.41) is 13.3. The number of ether oxygens (including phenoxy) is 1. The molecule has 1 aromatic carbocycles. The molecule has 0 bridgehead atoms. The summed E-state index contributed by atoms with van der Waals surface area (Å²) in [6.07, 6.45) is -0.724. The lowest BCUT2D eigenvalue weighted by molar-refractivity contribution is -0.384. The van der Waals surface area contributed by atoms with E-state index in [0.29, 0.717) is 5.75 Å². The Bertz CT molecular complexity index is 629. The number of nitro groups is 1. The van der Waals surface area contributed by atoms with Gasteiger partial charge in [-0.3, -0.25) is 24.6 Å². The van der Waals surface area contributed by atoms with Crippen molar-refractivity contribution in [2.45, 2.75) is 20.0 Å². The second-order valence-electron chi connectivity index (χ2n) is 5.29. The number of hydrogen-bond acceptors (Lipinski definition) is 5. The van der Waals surface area contributed by atoms with Crippen LogP contribution in [0.2, 0.25) is 0 Å². The number of anilines is 1. The Kier molecular flexibility index (Phi) is 4.30. The average molecular weight is 307 g/mol. The Morgan fingerprint density at radius 1 is 1.50 bits per heavy atom. The van der Waals surface area contributed by atoms with Gasteiger partial charge in [0.25, 0.3) is 11.6 Å². The van der Waals surface area contributed by atoms with E-state index in [9.17, 15) is 19.7 Å². The van der Waals surface area contributed by atoms with E-state index in [-0.39, 0.29) is 35.7 Å². The van der Waals surface area contributed by atoms with Crippen LogP contribution in [0.15, 0.2) is 18.2 Å². The molecule has 1 unspecified atom stereocenters. The van der Waals surface area contributed by atoms with Crippen molar-refractivity contribution in [1.82, 2.24) is 5.32 Å². The summed E-state index contributed by atoms with van der Waals surface area (Å²) in [5.41, 5.74) is 0.0692. The number of carbonyl (C=O) groups excluding carboxylic acids is 2. The first-order chi connectivity index (χ1) is 10.3. The fourth-order valence-corrected chi connectivity index (χ4v) is 2.20. The van der Waals surface area contributed by atoms with E-state index in [4.69, 9.17) is 4.74 Å². The van der Waals surface area contributed by atoms with Crippen LogP contribution in [0.5, 0.6) is 5.75 Å². The average Bonchev–Trinajstić information content (AvgIpc) is 2.48. The topological polar surface area (TPSA) is 102 Å². The molecular weight excluding hydrogens is 290 g/mol. The fourth-order valence-electron chi connectivity index (χ4n) is 2.20. The first-order valence-electron chi connectivity index (χ1n) is 6.82. The van der Waals surface area contributed by atoms with E-state index >= 15 is 0 Å². The van der Waals surface area contributed by atoms with Crippen LogP contribution in [-0.4, -0.2) is 36.4 Å². The Morgan fingerprint density at radius 2 is 2.18 bits per heavy atom. The number of nitrogens with one attached hydrogen (secondary N) is 1. The minimum Gasteiger partial charge on any atom is -0.478 e. The lowest BCUT2D eigenvalue weighted by Gasteiger charge is -2.35. The number of amides is 2. The highest BCUT2D eigenvalue weighted by molar-refractivity contribution is 6.04. The zero-order valence-corrected chi connectivity index (χ0v) is 12.5. The highest BCUT2D eigenvalue weighted by Gasteiger charge is 2.37. The predicted molar refractivity (Wildman–Crippen MR) is 78.8 cm³/mol. The van der Waals surface area contributed by atoms with Gasteiger partial charge in [0.1, 0.15) is 12.3 Å². The van der Waals surface area contributed by atoms with Gasteiger partial charge in [-0.1, -0.05) is 13.8 Å². The van der Waals surface area contributed by atoms with Crippen molar-refractivity contribution >= 4 is 23.2 Å². The first-order valence-corrected chi connectivity index (χ1v) is 6.82. The molecule has 8 heteroatoms. The second kappa shape index (κ2) is 6.00. The predicted octanol–water partition coefficient (Wildman–Crippen LogP) is 1.09. The largest absolute Gasteiger partial charge is 0.478 e. The van der Waals surface area contributed by atoms with Gasteiger partial charge in [-0.05, 0) is 12.0 Å². The maximum atomic E-state index is 12.5. The molecule has 1 aliphatic heterocycles. The second-order valence-corrected chi connectivity index (χ2v) is 5.29. The molecule has 0 fully saturated rings. The summed E-state index contributed by atoms with van der Waals surface area (Å²) in [4.78, 5) is 35.7. The van der Waals surface area contributed by atoms with Crippen molar-refractivity contribution in [3.8, 4) is 5.75 Å². The quantitative estimate of drug-likeness (QED) is 0.662. The van der Waals surface area contributed by atoms with E-state index in [1.165, 1.54) is 30.1 Å². The minimum absolute atomic E-state index is 0.0944. The fraction of sp³-hybridized carbons (Fsp3) is 0.429. The summed E-state index contributed by atoms with van der Waals surface area (Å²) in [5.74, 6) is -0.488. The van der Waals surface area contributed by atoms with Crippen LogP contribution in [-0.2, 0) is 9.59 Å². The van der Waals surface area contributed by atoms with Gasteiger partial charge in [-0.15, -0.1) is 0 Å². The molecule has 0 spiro atoms. The molecule has 118 valence electrons. The molecule has 1 aliphatic rings. The smallest absolute Gasteiger partial charge is 0.271 e. The number of carbonyl (C=O) groups is 2. The summed E-state index contributed by atoms with van der Waals surface area (Å²) < 4.78 is 5.64. The molecule has 8 nitrogen and oxygen atoms in total. The molecule has 1 atom stereocenters. The minimum atomic E-state index is -0.724. The summed E-state index contributed by atoms with van der Waals surface area (Å²) >= 11 is 0. The van der Waals surface area contributed by atoms with E-state index in [1.54, 1.807) is 0 Å². The third-order valence-electron chi connectivity index (χ3n) is 3.39. The summed E-state index contributed by atoms with van der Waals surface area (Å²) in [7, 11) is 1.46. The number of benzene rings is 1. The van der Waals surface area contributed by atoms with Gasteiger partial charge in [0.15, 0.2) is 6.10 Å². The zero-order valence-electron chi connectivity index (χ0n) is 12.5. The van der Waals surface area contributed by atoms with Crippen molar-refractivity contribution in [1.29, 1.82) is 0 Å². The highest BCUT2D eigenvalue weighted by atomic mass is 16.6. The molecule has 2 amide bonds. The molecule has 0 saturated heterocycles. The standard InChI is InChI=1S/C14H17N3O5/c1-8(2)13-14(19)16(7-12(18)15-3)10-6-9(17(20)21)4-5-11(10)22-13/h4-6,8,13H,7H2,1-3H3,(H,15,18). The van der Waals surface area contributed by atoms with Crippen LogP contribution < -0.4 is 15.0 Å². The molecule has 0 aromatic heterocycles. The molecular formula is C14H17N3O5. The lowest BCUT2D eigenvalue weighted by atomic mass is 10.0. The molecule has 2 rings (SSSR count). The normalized spacial score (nSPS) is 17.0. The van der Waals surface area contributed by atoms with Crippen LogP contribution in [0.4, 0.5) is 11.4 Å². The third kappa shape index (κ3) is 2.85. The zero-order chi connectivity index (χ0) is 16.4. The summed E-state index contributed by atoms with van der Waals surface area (Å²) in [6, 6.07) is 4.00. The molecule has 0 aliphatic carbocycles. The van der Waals surface area contributed by atoms with Gasteiger partial charge < -0.3 is 10.1 Å². The SMILES string of the molecule is CNC(=O)CN1C(=O)C(C(C)C)Oc2ccc([N+](=O)[O-])cc21. The lowest BCUT2D eigenvalue weighted by Crippen LogP contribution is -2.51. The van der Waals surface area contributed by atoms with Crippen molar-refractivity contribution in [2.24, 2.45) is 5.92 Å². The van der Waals surface area contributed by atoms with Crippen molar-refractivity contribution in [3.05, 3.63) is 28.3 Å². The van der Waals surface area contributed by atoms with Gasteiger partial charge >= 0.3 is 0 Å². The van der Waals surface area contributed by atoms with Crippen molar-refractivity contribution in [2.75, 3.05) is 18.5 Å². The number of likely N-dealkylation sites (N-methyl/N-ethyl adjacent to an activating group) is 1. The number of nitro benzene ring substituents is 1. The Morgan fingerprint density at radius 3 is 2.73 bits per heavy atom. The number of non-ortho nitro benzene ring substituents is 1. The highest BCUT2D eigenvalue weighted by Crippen LogP contribution is 2.38. The summed E-state index contributed by atoms with van der Waals surface area (Å²) in [6.45, 7) is 3.45. The van der Waals surface area contributed by atoms with Crippen molar-refractivity contribution in [3.63, 3.8) is 0 Å². The number of nitrogens with zero attached hydrogens (tertiary/aromatic N) is 2.